The standard InChI is InChI=1S/C16H24N2O5/c1-10(2)7-13(19)15(20)18-12(16(21)23-4)8-11-5-6-14(22-3)17-9-11/h5-6,9-10,12-13,19H,7-8H2,1-4H3,(H,18,20)/t12-,13+/m1/s1. The number of pyridine rings is 1. The van der Waals surface area contributed by atoms with Crippen LogP contribution in [0.1, 0.15) is 25.8 Å². The van der Waals surface area contributed by atoms with Crippen LogP contribution in [-0.2, 0) is 20.7 Å². The van der Waals surface area contributed by atoms with Crippen molar-refractivity contribution in [2.45, 2.75) is 38.8 Å². The van der Waals surface area contributed by atoms with Crippen molar-refractivity contribution < 1.29 is 24.2 Å². The summed E-state index contributed by atoms with van der Waals surface area (Å²) >= 11 is 0. The third-order valence-electron chi connectivity index (χ3n) is 3.25. The predicted molar refractivity (Wildman–Crippen MR) is 83.9 cm³/mol. The zero-order chi connectivity index (χ0) is 17.4. The van der Waals surface area contributed by atoms with E-state index in [0.717, 1.165) is 5.56 Å². The molecular weight excluding hydrogens is 300 g/mol. The minimum Gasteiger partial charge on any atom is -0.481 e. The number of carbonyl (C=O) groups is 2. The number of rotatable bonds is 8. The molecule has 2 atom stereocenters. The van der Waals surface area contributed by atoms with Crippen molar-refractivity contribution in [1.29, 1.82) is 0 Å². The molecule has 1 amide bonds. The summed E-state index contributed by atoms with van der Waals surface area (Å²) in [5, 5.41) is 12.4. The monoisotopic (exact) mass is 324 g/mol. The number of aliphatic hydroxyl groups is 1. The van der Waals surface area contributed by atoms with Gasteiger partial charge in [-0.25, -0.2) is 9.78 Å². The van der Waals surface area contributed by atoms with Gasteiger partial charge in [-0.05, 0) is 17.9 Å². The number of hydrogen-bond donors (Lipinski definition) is 2. The Balaban J connectivity index is 2.75. The Morgan fingerprint density at radius 2 is 2.00 bits per heavy atom. The second kappa shape index (κ2) is 9.09. The highest BCUT2D eigenvalue weighted by Crippen LogP contribution is 2.10. The number of nitrogens with one attached hydrogen (secondary N) is 1. The summed E-state index contributed by atoms with van der Waals surface area (Å²) in [4.78, 5) is 27.9. The Morgan fingerprint density at radius 3 is 2.48 bits per heavy atom. The minimum absolute atomic E-state index is 0.165. The zero-order valence-corrected chi connectivity index (χ0v) is 13.9. The van der Waals surface area contributed by atoms with Crippen LogP contribution in [0.3, 0.4) is 0 Å². The van der Waals surface area contributed by atoms with Gasteiger partial charge in [0.1, 0.15) is 12.1 Å². The van der Waals surface area contributed by atoms with E-state index in [-0.39, 0.29) is 12.3 Å². The molecule has 0 saturated carbocycles. The van der Waals surface area contributed by atoms with E-state index in [0.29, 0.717) is 12.3 Å². The second-order valence-electron chi connectivity index (χ2n) is 5.64. The first-order valence-electron chi connectivity index (χ1n) is 7.42. The maximum atomic E-state index is 12.0. The molecule has 0 aliphatic rings. The van der Waals surface area contributed by atoms with Crippen molar-refractivity contribution in [3.8, 4) is 5.88 Å². The molecule has 1 heterocycles. The Morgan fingerprint density at radius 1 is 1.30 bits per heavy atom. The van der Waals surface area contributed by atoms with Crippen molar-refractivity contribution in [1.82, 2.24) is 10.3 Å². The first-order chi connectivity index (χ1) is 10.9. The topological polar surface area (TPSA) is 97.8 Å². The van der Waals surface area contributed by atoms with Gasteiger partial charge in [0.15, 0.2) is 0 Å². The van der Waals surface area contributed by atoms with Gasteiger partial charge >= 0.3 is 5.97 Å². The van der Waals surface area contributed by atoms with Gasteiger partial charge in [-0.3, -0.25) is 4.79 Å². The van der Waals surface area contributed by atoms with Crippen molar-refractivity contribution in [2.75, 3.05) is 14.2 Å². The van der Waals surface area contributed by atoms with Gasteiger partial charge in [-0.1, -0.05) is 19.9 Å². The number of amides is 1. The highest BCUT2D eigenvalue weighted by atomic mass is 16.5. The Kier molecular flexibility index (Phi) is 7.47. The summed E-state index contributed by atoms with van der Waals surface area (Å²) in [6, 6.07) is 2.53. The molecule has 0 spiro atoms. The van der Waals surface area contributed by atoms with Crippen LogP contribution in [0.5, 0.6) is 5.88 Å². The van der Waals surface area contributed by atoms with Gasteiger partial charge < -0.3 is 19.9 Å². The van der Waals surface area contributed by atoms with Crippen LogP contribution in [-0.4, -0.2) is 48.3 Å². The highest BCUT2D eigenvalue weighted by molar-refractivity contribution is 5.86. The molecule has 0 aromatic carbocycles. The average molecular weight is 324 g/mol. The lowest BCUT2D eigenvalue weighted by Gasteiger charge is -2.19. The second-order valence-corrected chi connectivity index (χ2v) is 5.64. The van der Waals surface area contributed by atoms with Crippen LogP contribution in [0.15, 0.2) is 18.3 Å². The number of nitrogens with zero attached hydrogens (tertiary/aromatic N) is 1. The molecule has 0 bridgehead atoms. The fourth-order valence-electron chi connectivity index (χ4n) is 2.05. The van der Waals surface area contributed by atoms with Crippen molar-refractivity contribution in [3.05, 3.63) is 23.9 Å². The van der Waals surface area contributed by atoms with E-state index in [2.05, 4.69) is 10.3 Å². The van der Waals surface area contributed by atoms with E-state index >= 15 is 0 Å². The Labute approximate surface area is 136 Å². The van der Waals surface area contributed by atoms with Crippen molar-refractivity contribution in [2.24, 2.45) is 5.92 Å². The van der Waals surface area contributed by atoms with Gasteiger partial charge in [-0.2, -0.15) is 0 Å². The number of hydrogen-bond acceptors (Lipinski definition) is 6. The minimum atomic E-state index is -1.16. The van der Waals surface area contributed by atoms with E-state index in [1.807, 2.05) is 13.8 Å². The fourth-order valence-corrected chi connectivity index (χ4v) is 2.05. The number of methoxy groups -OCH3 is 2. The summed E-state index contributed by atoms with van der Waals surface area (Å²) < 4.78 is 9.68. The number of aliphatic hydroxyl groups excluding tert-OH is 1. The molecule has 1 aromatic heterocycles. The number of carbonyl (C=O) groups excluding carboxylic acids is 2. The molecule has 1 rings (SSSR count). The normalized spacial score (nSPS) is 13.3. The number of ether oxygens (including phenoxy) is 2. The van der Waals surface area contributed by atoms with Crippen LogP contribution < -0.4 is 10.1 Å². The summed E-state index contributed by atoms with van der Waals surface area (Å²) in [5.74, 6) is -0.542. The summed E-state index contributed by atoms with van der Waals surface area (Å²) in [6.07, 6.45) is 0.940. The summed E-state index contributed by atoms with van der Waals surface area (Å²) in [7, 11) is 2.76. The van der Waals surface area contributed by atoms with Gasteiger partial charge in [0.05, 0.1) is 14.2 Å². The van der Waals surface area contributed by atoms with Gasteiger partial charge in [0.25, 0.3) is 0 Å². The maximum Gasteiger partial charge on any atom is 0.328 e. The summed E-state index contributed by atoms with van der Waals surface area (Å²) in [6.45, 7) is 3.80. The molecule has 0 saturated heterocycles. The molecule has 2 N–H and O–H groups in total. The van der Waals surface area contributed by atoms with Crippen LogP contribution in [0.2, 0.25) is 0 Å². The summed E-state index contributed by atoms with van der Waals surface area (Å²) in [5.41, 5.74) is 0.736. The molecule has 128 valence electrons. The van der Waals surface area contributed by atoms with Crippen LogP contribution in [0.4, 0.5) is 0 Å². The van der Waals surface area contributed by atoms with Crippen molar-refractivity contribution in [3.63, 3.8) is 0 Å². The molecular formula is C16H24N2O5. The third kappa shape index (κ3) is 6.23. The lowest BCUT2D eigenvalue weighted by atomic mass is 10.0. The van der Waals surface area contributed by atoms with Crippen LogP contribution in [0, 0.1) is 5.92 Å². The molecule has 0 aliphatic heterocycles. The quantitative estimate of drug-likeness (QED) is 0.683. The zero-order valence-electron chi connectivity index (χ0n) is 13.9. The largest absolute Gasteiger partial charge is 0.481 e. The fraction of sp³-hybridized carbons (Fsp3) is 0.562. The van der Waals surface area contributed by atoms with Crippen molar-refractivity contribution >= 4 is 11.9 Å². The molecule has 1 aromatic rings. The highest BCUT2D eigenvalue weighted by Gasteiger charge is 2.25. The first kappa shape index (κ1) is 18.9. The smallest absolute Gasteiger partial charge is 0.328 e. The maximum absolute atomic E-state index is 12.0. The lowest BCUT2D eigenvalue weighted by Crippen LogP contribution is -2.47. The molecule has 0 unspecified atom stereocenters. The molecule has 0 fully saturated rings. The lowest BCUT2D eigenvalue weighted by molar-refractivity contribution is -0.146. The molecule has 23 heavy (non-hydrogen) atoms. The Bertz CT molecular complexity index is 516. The average Bonchev–Trinajstić information content (AvgIpc) is 2.53. The molecule has 7 heteroatoms. The molecule has 0 aliphatic carbocycles. The van der Waals surface area contributed by atoms with E-state index in [1.54, 1.807) is 18.3 Å². The van der Waals surface area contributed by atoms with E-state index in [9.17, 15) is 14.7 Å². The van der Waals surface area contributed by atoms with Gasteiger partial charge in [0, 0.05) is 18.7 Å². The molecule has 0 radical (unpaired) electrons. The predicted octanol–water partition coefficient (Wildman–Crippen LogP) is 0.697. The van der Waals surface area contributed by atoms with Crippen LogP contribution >= 0.6 is 0 Å². The number of aromatic nitrogens is 1. The van der Waals surface area contributed by atoms with Crippen LogP contribution in [0.25, 0.3) is 0 Å². The van der Waals surface area contributed by atoms with E-state index < -0.39 is 24.0 Å². The van der Waals surface area contributed by atoms with Gasteiger partial charge in [-0.15, -0.1) is 0 Å². The van der Waals surface area contributed by atoms with E-state index in [4.69, 9.17) is 9.47 Å². The molecule has 7 nitrogen and oxygen atoms in total. The third-order valence-corrected chi connectivity index (χ3v) is 3.25. The Hall–Kier alpha value is -2.15. The van der Waals surface area contributed by atoms with E-state index in [1.165, 1.54) is 14.2 Å². The SMILES string of the molecule is COC(=O)[C@@H](Cc1ccc(OC)nc1)NC(=O)[C@@H](O)CC(C)C. The first-order valence-corrected chi connectivity index (χ1v) is 7.42. The number of esters is 1. The van der Waals surface area contributed by atoms with Gasteiger partial charge in [0.2, 0.25) is 11.8 Å².